The summed E-state index contributed by atoms with van der Waals surface area (Å²) in [5.74, 6) is 0.530. The predicted molar refractivity (Wildman–Crippen MR) is 60.2 cm³/mol. The fraction of sp³-hybridized carbons (Fsp3) is 0.750. The largest absolute Gasteiger partial charge is 0.316 e. The number of sulfonamides is 1. The van der Waals surface area contributed by atoms with E-state index in [0.29, 0.717) is 12.4 Å². The van der Waals surface area contributed by atoms with E-state index in [1.807, 2.05) is 6.92 Å². The van der Waals surface area contributed by atoms with Crippen LogP contribution in [-0.4, -0.2) is 42.0 Å². The fourth-order valence-electron chi connectivity index (χ4n) is 1.09. The Morgan fingerprint density at radius 2 is 2.25 bits per heavy atom. The first kappa shape index (κ1) is 13.1. The zero-order chi connectivity index (χ0) is 12.0. The van der Waals surface area contributed by atoms with Gasteiger partial charge < -0.3 is 5.32 Å². The predicted octanol–water partition coefficient (Wildman–Crippen LogP) is -1.16. The molecule has 0 aliphatic rings. The van der Waals surface area contributed by atoms with Gasteiger partial charge in [0.15, 0.2) is 5.82 Å². The first-order chi connectivity index (χ1) is 7.53. The number of rotatable bonds is 7. The van der Waals surface area contributed by atoms with E-state index in [0.717, 1.165) is 6.54 Å². The summed E-state index contributed by atoms with van der Waals surface area (Å²) in [6.07, 6.45) is 1.53. The minimum Gasteiger partial charge on any atom is -0.316 e. The van der Waals surface area contributed by atoms with Crippen molar-refractivity contribution in [3.8, 4) is 0 Å². The number of nitrogens with zero attached hydrogens (tertiary/aromatic N) is 3. The third-order valence-corrected chi connectivity index (χ3v) is 3.22. The van der Waals surface area contributed by atoms with Crippen LogP contribution in [0.15, 0.2) is 6.33 Å². The van der Waals surface area contributed by atoms with E-state index in [9.17, 15) is 8.42 Å². The highest BCUT2D eigenvalue weighted by Crippen LogP contribution is 1.90. The van der Waals surface area contributed by atoms with Gasteiger partial charge in [0.2, 0.25) is 10.0 Å². The maximum Gasteiger partial charge on any atom is 0.213 e. The molecular weight excluding hydrogens is 230 g/mol. The molecule has 0 saturated heterocycles. The van der Waals surface area contributed by atoms with Gasteiger partial charge in [0.1, 0.15) is 6.33 Å². The van der Waals surface area contributed by atoms with Crippen LogP contribution in [0.1, 0.15) is 12.7 Å². The Morgan fingerprint density at radius 3 is 2.81 bits per heavy atom. The molecule has 0 aromatic carbocycles. The highest BCUT2D eigenvalue weighted by atomic mass is 32.2. The Hall–Kier alpha value is -0.990. The summed E-state index contributed by atoms with van der Waals surface area (Å²) in [6, 6.07) is 0. The molecule has 0 aliphatic carbocycles. The molecule has 1 aromatic rings. The van der Waals surface area contributed by atoms with Crippen LogP contribution < -0.4 is 10.0 Å². The molecule has 1 heterocycles. The molecule has 8 heteroatoms. The van der Waals surface area contributed by atoms with E-state index in [1.54, 1.807) is 7.05 Å². The molecule has 0 radical (unpaired) electrons. The fourth-order valence-corrected chi connectivity index (χ4v) is 2.00. The third-order valence-electron chi connectivity index (χ3n) is 1.89. The van der Waals surface area contributed by atoms with E-state index in [1.165, 1.54) is 11.0 Å². The van der Waals surface area contributed by atoms with E-state index in [-0.39, 0.29) is 12.3 Å². The summed E-state index contributed by atoms with van der Waals surface area (Å²) < 4.78 is 26.9. The number of aryl methyl sites for hydroxylation is 1. The molecule has 92 valence electrons. The summed E-state index contributed by atoms with van der Waals surface area (Å²) in [4.78, 5) is 3.92. The van der Waals surface area contributed by atoms with Gasteiger partial charge in [-0.3, -0.25) is 4.68 Å². The van der Waals surface area contributed by atoms with E-state index >= 15 is 0 Å². The Labute approximate surface area is 95.3 Å². The summed E-state index contributed by atoms with van der Waals surface area (Å²) in [5, 5.41) is 6.93. The Kier molecular flexibility index (Phi) is 4.84. The highest BCUT2D eigenvalue weighted by Gasteiger charge is 2.10. The second-order valence-electron chi connectivity index (χ2n) is 3.33. The molecule has 0 saturated carbocycles. The molecule has 0 aliphatic heterocycles. The third kappa shape index (κ3) is 4.69. The normalized spacial score (nSPS) is 11.9. The second-order valence-corrected chi connectivity index (χ2v) is 5.25. The minimum atomic E-state index is -3.24. The van der Waals surface area contributed by atoms with E-state index in [2.05, 4.69) is 20.1 Å². The first-order valence-electron chi connectivity index (χ1n) is 5.06. The SMILES string of the molecule is CCNCCS(=O)(=O)NCc1ncn(C)n1. The van der Waals surface area contributed by atoms with Gasteiger partial charge in [-0.1, -0.05) is 6.92 Å². The molecule has 0 amide bonds. The Bertz CT molecular complexity index is 414. The van der Waals surface area contributed by atoms with Gasteiger partial charge in [0.05, 0.1) is 12.3 Å². The van der Waals surface area contributed by atoms with Gasteiger partial charge in [0, 0.05) is 13.6 Å². The zero-order valence-corrected chi connectivity index (χ0v) is 10.3. The van der Waals surface area contributed by atoms with Crippen molar-refractivity contribution in [1.29, 1.82) is 0 Å². The molecule has 2 N–H and O–H groups in total. The summed E-state index contributed by atoms with van der Waals surface area (Å²) in [6.45, 7) is 3.27. The average Bonchev–Trinajstić information content (AvgIpc) is 2.62. The molecule has 7 nitrogen and oxygen atoms in total. The molecule has 1 rings (SSSR count). The number of hydrogen-bond acceptors (Lipinski definition) is 5. The van der Waals surface area contributed by atoms with Gasteiger partial charge in [-0.25, -0.2) is 18.1 Å². The van der Waals surface area contributed by atoms with Crippen molar-refractivity contribution in [2.45, 2.75) is 13.5 Å². The highest BCUT2D eigenvalue weighted by molar-refractivity contribution is 7.89. The number of aromatic nitrogens is 3. The molecule has 1 aromatic heterocycles. The van der Waals surface area contributed by atoms with E-state index in [4.69, 9.17) is 0 Å². The van der Waals surface area contributed by atoms with Crippen molar-refractivity contribution in [3.05, 3.63) is 12.2 Å². The zero-order valence-electron chi connectivity index (χ0n) is 9.47. The smallest absolute Gasteiger partial charge is 0.213 e. The van der Waals surface area contributed by atoms with Crippen molar-refractivity contribution < 1.29 is 8.42 Å². The second kappa shape index (κ2) is 5.92. The quantitative estimate of drug-likeness (QED) is 0.594. The van der Waals surface area contributed by atoms with Crippen LogP contribution in [0.3, 0.4) is 0 Å². The molecule has 0 bridgehead atoms. The molecule has 0 atom stereocenters. The van der Waals surface area contributed by atoms with Crippen LogP contribution in [0, 0.1) is 0 Å². The summed E-state index contributed by atoms with van der Waals surface area (Å²) in [7, 11) is -1.51. The monoisotopic (exact) mass is 247 g/mol. The van der Waals surface area contributed by atoms with Crippen molar-refractivity contribution in [2.24, 2.45) is 7.05 Å². The van der Waals surface area contributed by atoms with Gasteiger partial charge in [-0.2, -0.15) is 5.10 Å². The lowest BCUT2D eigenvalue weighted by atomic mass is 10.6. The van der Waals surface area contributed by atoms with Crippen LogP contribution in [-0.2, 0) is 23.6 Å². The van der Waals surface area contributed by atoms with E-state index < -0.39 is 10.0 Å². The maximum absolute atomic E-state index is 11.5. The van der Waals surface area contributed by atoms with Crippen LogP contribution in [0.2, 0.25) is 0 Å². The number of nitrogens with one attached hydrogen (secondary N) is 2. The maximum atomic E-state index is 11.5. The number of hydrogen-bond donors (Lipinski definition) is 2. The summed E-state index contributed by atoms with van der Waals surface area (Å²) in [5.41, 5.74) is 0. The lowest BCUT2D eigenvalue weighted by molar-refractivity contribution is 0.575. The first-order valence-corrected chi connectivity index (χ1v) is 6.71. The van der Waals surface area contributed by atoms with Crippen LogP contribution in [0.25, 0.3) is 0 Å². The van der Waals surface area contributed by atoms with Crippen LogP contribution in [0.5, 0.6) is 0 Å². The molecule has 0 spiro atoms. The Morgan fingerprint density at radius 1 is 1.50 bits per heavy atom. The van der Waals surface area contributed by atoms with Crippen molar-refractivity contribution in [2.75, 3.05) is 18.8 Å². The van der Waals surface area contributed by atoms with Gasteiger partial charge >= 0.3 is 0 Å². The lowest BCUT2D eigenvalue weighted by Gasteiger charge is -2.04. The minimum absolute atomic E-state index is 0.0632. The summed E-state index contributed by atoms with van der Waals surface area (Å²) >= 11 is 0. The van der Waals surface area contributed by atoms with Crippen molar-refractivity contribution in [3.63, 3.8) is 0 Å². The molecule has 0 unspecified atom stereocenters. The van der Waals surface area contributed by atoms with Crippen molar-refractivity contribution in [1.82, 2.24) is 24.8 Å². The Balaban J connectivity index is 2.36. The van der Waals surface area contributed by atoms with Gasteiger partial charge in [-0.15, -0.1) is 0 Å². The van der Waals surface area contributed by atoms with Crippen LogP contribution in [0.4, 0.5) is 0 Å². The standard InChI is InChI=1S/C8H17N5O2S/c1-3-9-4-5-16(14,15)11-6-8-10-7-13(2)12-8/h7,9,11H,3-6H2,1-2H3. The molecule has 0 fully saturated rings. The van der Waals surface area contributed by atoms with Gasteiger partial charge in [0.25, 0.3) is 0 Å². The van der Waals surface area contributed by atoms with Crippen molar-refractivity contribution >= 4 is 10.0 Å². The topological polar surface area (TPSA) is 88.9 Å². The molecular formula is C8H17N5O2S. The van der Waals surface area contributed by atoms with Crippen LogP contribution >= 0.6 is 0 Å². The lowest BCUT2D eigenvalue weighted by Crippen LogP contribution is -2.31. The molecule has 16 heavy (non-hydrogen) atoms. The average molecular weight is 247 g/mol. The van der Waals surface area contributed by atoms with Gasteiger partial charge in [-0.05, 0) is 6.54 Å².